The molecule has 0 aliphatic heterocycles. The summed E-state index contributed by atoms with van der Waals surface area (Å²) in [6.07, 6.45) is 0.999. The predicted octanol–water partition coefficient (Wildman–Crippen LogP) is 2.34. The van der Waals surface area contributed by atoms with Crippen LogP contribution in [-0.2, 0) is 11.3 Å². The summed E-state index contributed by atoms with van der Waals surface area (Å²) in [7, 11) is 0. The van der Waals surface area contributed by atoms with E-state index >= 15 is 0 Å². The summed E-state index contributed by atoms with van der Waals surface area (Å²) in [5.41, 5.74) is 0.716. The standard InChI is InChI=1S/C12H17NO3/c1-9(2)6-7-16-8-10-4-3-5-11(13-10)12(14)15/h3-5,9H,6-8H2,1-2H3,(H,14,15). The van der Waals surface area contributed by atoms with Gasteiger partial charge in [-0.2, -0.15) is 0 Å². The van der Waals surface area contributed by atoms with Crippen LogP contribution >= 0.6 is 0 Å². The Kier molecular flexibility index (Phi) is 4.92. The number of rotatable bonds is 6. The Morgan fingerprint density at radius 1 is 1.50 bits per heavy atom. The van der Waals surface area contributed by atoms with E-state index in [1.165, 1.54) is 6.07 Å². The highest BCUT2D eigenvalue weighted by atomic mass is 16.5. The minimum atomic E-state index is -1.01. The lowest BCUT2D eigenvalue weighted by atomic mass is 10.1. The van der Waals surface area contributed by atoms with Gasteiger partial charge in [0.05, 0.1) is 12.3 Å². The molecule has 0 amide bonds. The monoisotopic (exact) mass is 223 g/mol. The third-order valence-corrected chi connectivity index (χ3v) is 2.12. The molecule has 0 fully saturated rings. The van der Waals surface area contributed by atoms with Gasteiger partial charge in [-0.3, -0.25) is 0 Å². The highest BCUT2D eigenvalue weighted by molar-refractivity contribution is 5.85. The average Bonchev–Trinajstić information content (AvgIpc) is 2.24. The number of hydrogen-bond acceptors (Lipinski definition) is 3. The van der Waals surface area contributed by atoms with Gasteiger partial charge in [0.25, 0.3) is 0 Å². The molecule has 0 aliphatic carbocycles. The molecule has 4 heteroatoms. The van der Waals surface area contributed by atoms with E-state index in [1.54, 1.807) is 12.1 Å². The molecule has 1 N–H and O–H groups in total. The number of carbonyl (C=O) groups is 1. The van der Waals surface area contributed by atoms with Gasteiger partial charge < -0.3 is 9.84 Å². The van der Waals surface area contributed by atoms with Crippen molar-refractivity contribution in [2.75, 3.05) is 6.61 Å². The molecule has 0 radical (unpaired) electrons. The molecule has 1 aromatic heterocycles. The fourth-order valence-electron chi connectivity index (χ4n) is 1.17. The zero-order valence-electron chi connectivity index (χ0n) is 9.64. The first kappa shape index (κ1) is 12.6. The second kappa shape index (κ2) is 6.23. The number of aromatic carboxylic acids is 1. The fourth-order valence-corrected chi connectivity index (χ4v) is 1.17. The number of ether oxygens (including phenoxy) is 1. The second-order valence-electron chi connectivity index (χ2n) is 4.05. The van der Waals surface area contributed by atoms with Crippen molar-refractivity contribution >= 4 is 5.97 Å². The van der Waals surface area contributed by atoms with Crippen LogP contribution in [0.2, 0.25) is 0 Å². The van der Waals surface area contributed by atoms with E-state index < -0.39 is 5.97 Å². The first-order chi connectivity index (χ1) is 7.59. The molecule has 0 spiro atoms. The topological polar surface area (TPSA) is 59.4 Å². The maximum absolute atomic E-state index is 10.7. The van der Waals surface area contributed by atoms with Crippen LogP contribution in [-0.4, -0.2) is 22.7 Å². The summed E-state index contributed by atoms with van der Waals surface area (Å²) < 4.78 is 5.41. The molecular formula is C12H17NO3. The van der Waals surface area contributed by atoms with E-state index in [0.717, 1.165) is 6.42 Å². The van der Waals surface area contributed by atoms with Gasteiger partial charge in [0, 0.05) is 6.61 Å². The second-order valence-corrected chi connectivity index (χ2v) is 4.05. The summed E-state index contributed by atoms with van der Waals surface area (Å²) in [5.74, 6) is -0.401. The zero-order chi connectivity index (χ0) is 12.0. The molecule has 0 aliphatic rings. The van der Waals surface area contributed by atoms with E-state index in [2.05, 4.69) is 18.8 Å². The molecule has 1 rings (SSSR count). The van der Waals surface area contributed by atoms with E-state index in [1.807, 2.05) is 0 Å². The minimum Gasteiger partial charge on any atom is -0.477 e. The predicted molar refractivity (Wildman–Crippen MR) is 60.3 cm³/mol. The minimum absolute atomic E-state index is 0.0601. The van der Waals surface area contributed by atoms with E-state index in [0.29, 0.717) is 24.8 Å². The van der Waals surface area contributed by atoms with Crippen molar-refractivity contribution in [2.45, 2.75) is 26.9 Å². The van der Waals surface area contributed by atoms with Gasteiger partial charge in [-0.15, -0.1) is 0 Å². The lowest BCUT2D eigenvalue weighted by Crippen LogP contribution is -2.05. The summed E-state index contributed by atoms with van der Waals surface area (Å²) in [6.45, 7) is 5.31. The number of hydrogen-bond donors (Lipinski definition) is 1. The highest BCUT2D eigenvalue weighted by Gasteiger charge is 2.04. The van der Waals surface area contributed by atoms with Gasteiger partial charge in [-0.05, 0) is 24.5 Å². The van der Waals surface area contributed by atoms with Gasteiger partial charge in [0.1, 0.15) is 5.69 Å². The number of pyridine rings is 1. The Hall–Kier alpha value is -1.42. The Labute approximate surface area is 95.3 Å². The smallest absolute Gasteiger partial charge is 0.354 e. The zero-order valence-corrected chi connectivity index (χ0v) is 9.64. The Balaban J connectivity index is 2.42. The van der Waals surface area contributed by atoms with Gasteiger partial charge >= 0.3 is 5.97 Å². The lowest BCUT2D eigenvalue weighted by molar-refractivity contribution is 0.0688. The average molecular weight is 223 g/mol. The number of nitrogens with zero attached hydrogens (tertiary/aromatic N) is 1. The molecule has 0 saturated heterocycles. The van der Waals surface area contributed by atoms with E-state index in [9.17, 15) is 4.79 Å². The van der Waals surface area contributed by atoms with Crippen molar-refractivity contribution in [3.63, 3.8) is 0 Å². The first-order valence-corrected chi connectivity index (χ1v) is 5.36. The molecule has 0 bridgehead atoms. The number of carboxylic acid groups (broad SMARTS) is 1. The van der Waals surface area contributed by atoms with Crippen molar-refractivity contribution in [1.82, 2.24) is 4.98 Å². The molecule has 4 nitrogen and oxygen atoms in total. The largest absolute Gasteiger partial charge is 0.477 e. The SMILES string of the molecule is CC(C)CCOCc1cccc(C(=O)O)n1. The summed E-state index contributed by atoms with van der Waals surface area (Å²) >= 11 is 0. The molecule has 0 atom stereocenters. The first-order valence-electron chi connectivity index (χ1n) is 5.36. The van der Waals surface area contributed by atoms with Crippen LogP contribution in [0.15, 0.2) is 18.2 Å². The van der Waals surface area contributed by atoms with Gasteiger partial charge in [-0.1, -0.05) is 19.9 Å². The van der Waals surface area contributed by atoms with Crippen molar-refractivity contribution in [2.24, 2.45) is 5.92 Å². The molecule has 1 aromatic rings. The van der Waals surface area contributed by atoms with Crippen LogP contribution in [0.25, 0.3) is 0 Å². The third-order valence-electron chi connectivity index (χ3n) is 2.12. The van der Waals surface area contributed by atoms with E-state index in [4.69, 9.17) is 9.84 Å². The van der Waals surface area contributed by atoms with Crippen molar-refractivity contribution < 1.29 is 14.6 Å². The lowest BCUT2D eigenvalue weighted by Gasteiger charge is -2.06. The van der Waals surface area contributed by atoms with Crippen LogP contribution in [0.3, 0.4) is 0 Å². The van der Waals surface area contributed by atoms with Crippen LogP contribution < -0.4 is 0 Å². The quantitative estimate of drug-likeness (QED) is 0.752. The van der Waals surface area contributed by atoms with Gasteiger partial charge in [0.2, 0.25) is 0 Å². The Bertz CT molecular complexity index is 350. The van der Waals surface area contributed by atoms with Gasteiger partial charge in [0.15, 0.2) is 0 Å². The third kappa shape index (κ3) is 4.40. The number of carboxylic acids is 1. The van der Waals surface area contributed by atoms with Crippen molar-refractivity contribution in [3.05, 3.63) is 29.6 Å². The maximum Gasteiger partial charge on any atom is 0.354 e. The van der Waals surface area contributed by atoms with E-state index in [-0.39, 0.29) is 5.69 Å². The van der Waals surface area contributed by atoms with Crippen LogP contribution in [0.4, 0.5) is 0 Å². The summed E-state index contributed by atoms with van der Waals surface area (Å²) in [4.78, 5) is 14.6. The van der Waals surface area contributed by atoms with Crippen LogP contribution in [0.1, 0.15) is 36.5 Å². The highest BCUT2D eigenvalue weighted by Crippen LogP contribution is 2.04. The molecule has 0 unspecified atom stereocenters. The number of aromatic nitrogens is 1. The Morgan fingerprint density at radius 2 is 2.25 bits per heavy atom. The molecule has 1 heterocycles. The summed E-state index contributed by atoms with van der Waals surface area (Å²) in [5, 5.41) is 8.75. The summed E-state index contributed by atoms with van der Waals surface area (Å²) in [6, 6.07) is 4.92. The Morgan fingerprint density at radius 3 is 2.88 bits per heavy atom. The fraction of sp³-hybridized carbons (Fsp3) is 0.500. The normalized spacial score (nSPS) is 10.7. The van der Waals surface area contributed by atoms with Crippen LogP contribution in [0, 0.1) is 5.92 Å². The van der Waals surface area contributed by atoms with Crippen molar-refractivity contribution in [3.8, 4) is 0 Å². The maximum atomic E-state index is 10.7. The van der Waals surface area contributed by atoms with Gasteiger partial charge in [-0.25, -0.2) is 9.78 Å². The molecule has 0 aromatic carbocycles. The molecular weight excluding hydrogens is 206 g/mol. The van der Waals surface area contributed by atoms with Crippen LogP contribution in [0.5, 0.6) is 0 Å². The molecule has 88 valence electrons. The van der Waals surface area contributed by atoms with Crippen molar-refractivity contribution in [1.29, 1.82) is 0 Å². The molecule has 16 heavy (non-hydrogen) atoms. The molecule has 0 saturated carbocycles.